The molecule has 0 spiro atoms. The van der Waals surface area contributed by atoms with E-state index in [1.54, 1.807) is 27.8 Å². The van der Waals surface area contributed by atoms with Gasteiger partial charge in [-0.25, -0.2) is 15.3 Å². The van der Waals surface area contributed by atoms with E-state index < -0.39 is 5.91 Å². The molecule has 4 rings (SSSR count). The summed E-state index contributed by atoms with van der Waals surface area (Å²) >= 11 is 1.59. The lowest BCUT2D eigenvalue weighted by molar-refractivity contribution is -0.124. The number of benzene rings is 2. The van der Waals surface area contributed by atoms with Gasteiger partial charge in [0.05, 0.1) is 17.3 Å². The molecule has 1 aromatic heterocycles. The van der Waals surface area contributed by atoms with Crippen molar-refractivity contribution in [3.63, 3.8) is 0 Å². The van der Waals surface area contributed by atoms with Crippen LogP contribution in [0.1, 0.15) is 16.6 Å². The Kier molecular flexibility index (Phi) is 6.15. The van der Waals surface area contributed by atoms with Gasteiger partial charge in [0.25, 0.3) is 5.91 Å². The van der Waals surface area contributed by atoms with Crippen molar-refractivity contribution in [2.45, 2.75) is 6.04 Å². The molecule has 8 nitrogen and oxygen atoms in total. The van der Waals surface area contributed by atoms with Crippen molar-refractivity contribution in [1.29, 1.82) is 0 Å². The van der Waals surface area contributed by atoms with Crippen LogP contribution in [0.2, 0.25) is 0 Å². The fraction of sp³-hybridized carbons (Fsp3) is 0.227. The Morgan fingerprint density at radius 3 is 2.68 bits per heavy atom. The number of carbonyl (C=O) groups excluding carboxylic acids is 2. The number of methoxy groups -OCH3 is 1. The molecule has 31 heavy (non-hydrogen) atoms. The van der Waals surface area contributed by atoms with Crippen LogP contribution in [-0.2, 0) is 9.53 Å². The molecule has 2 heterocycles. The van der Waals surface area contributed by atoms with Gasteiger partial charge < -0.3 is 9.64 Å². The predicted molar refractivity (Wildman–Crippen MR) is 119 cm³/mol. The zero-order valence-electron chi connectivity index (χ0n) is 16.9. The summed E-state index contributed by atoms with van der Waals surface area (Å²) in [7, 11) is 1.40. The Morgan fingerprint density at radius 2 is 1.97 bits per heavy atom. The monoisotopic (exact) mass is 438 g/mol. The number of anilines is 1. The van der Waals surface area contributed by atoms with Crippen LogP contribution >= 0.6 is 11.3 Å². The largest absolute Gasteiger partial charge is 0.453 e. The van der Waals surface area contributed by atoms with E-state index in [1.165, 1.54) is 13.2 Å². The third kappa shape index (κ3) is 4.52. The number of nitrogens with one attached hydrogen (secondary N) is 1. The van der Waals surface area contributed by atoms with Gasteiger partial charge in [-0.2, -0.15) is 0 Å². The molecule has 9 heteroatoms. The van der Waals surface area contributed by atoms with Gasteiger partial charge in [0.1, 0.15) is 11.0 Å². The molecule has 2 aromatic carbocycles. The van der Waals surface area contributed by atoms with Gasteiger partial charge in [0.15, 0.2) is 0 Å². The van der Waals surface area contributed by atoms with E-state index >= 15 is 0 Å². The maximum Gasteiger partial charge on any atom is 0.410 e. The number of para-hydroxylation sites is 1. The molecule has 1 fully saturated rings. The second-order valence-electron chi connectivity index (χ2n) is 7.05. The third-order valence-corrected chi connectivity index (χ3v) is 6.32. The van der Waals surface area contributed by atoms with Crippen molar-refractivity contribution in [2.24, 2.45) is 0 Å². The first-order valence-electron chi connectivity index (χ1n) is 9.76. The van der Waals surface area contributed by atoms with Crippen LogP contribution in [0.3, 0.4) is 0 Å². The molecule has 2 amide bonds. The smallest absolute Gasteiger partial charge is 0.410 e. The summed E-state index contributed by atoms with van der Waals surface area (Å²) in [4.78, 5) is 32.3. The number of rotatable bonds is 4. The number of hydrogen-bond donors (Lipinski definition) is 2. The quantitative estimate of drug-likeness (QED) is 0.368. The van der Waals surface area contributed by atoms with E-state index in [9.17, 15) is 9.59 Å². The van der Waals surface area contributed by atoms with Crippen molar-refractivity contribution < 1.29 is 19.5 Å². The van der Waals surface area contributed by atoms with Crippen molar-refractivity contribution >= 4 is 45.3 Å². The zero-order chi connectivity index (χ0) is 21.8. The highest BCUT2D eigenvalue weighted by Crippen LogP contribution is 2.34. The van der Waals surface area contributed by atoms with Gasteiger partial charge in [-0.15, -0.1) is 11.3 Å². The van der Waals surface area contributed by atoms with E-state index in [-0.39, 0.29) is 12.1 Å². The summed E-state index contributed by atoms with van der Waals surface area (Å²) in [5.41, 5.74) is 4.34. The van der Waals surface area contributed by atoms with Crippen molar-refractivity contribution in [2.75, 3.05) is 31.6 Å². The number of hydrogen-bond acceptors (Lipinski definition) is 7. The molecule has 0 bridgehead atoms. The minimum atomic E-state index is -0.582. The van der Waals surface area contributed by atoms with Crippen LogP contribution in [0.4, 0.5) is 10.5 Å². The lowest BCUT2D eigenvalue weighted by Crippen LogP contribution is -2.50. The Balaban J connectivity index is 1.57. The number of fused-ring (bicyclic) bond motifs is 1. The number of amides is 2. The molecule has 0 aliphatic carbocycles. The highest BCUT2D eigenvalue weighted by molar-refractivity contribution is 7.18. The van der Waals surface area contributed by atoms with Crippen LogP contribution < -0.4 is 10.4 Å². The summed E-state index contributed by atoms with van der Waals surface area (Å²) in [6.45, 7) is 1.78. The van der Waals surface area contributed by atoms with Crippen LogP contribution in [0.25, 0.3) is 16.3 Å². The highest BCUT2D eigenvalue weighted by Gasteiger charge is 2.34. The van der Waals surface area contributed by atoms with Gasteiger partial charge in [-0.3, -0.25) is 14.9 Å². The van der Waals surface area contributed by atoms with Gasteiger partial charge in [-0.1, -0.05) is 24.3 Å². The van der Waals surface area contributed by atoms with Crippen molar-refractivity contribution in [1.82, 2.24) is 15.4 Å². The summed E-state index contributed by atoms with van der Waals surface area (Å²) in [5.74, 6) is -0.582. The Morgan fingerprint density at radius 1 is 1.19 bits per heavy atom. The van der Waals surface area contributed by atoms with Crippen molar-refractivity contribution in [3.05, 3.63) is 65.2 Å². The standard InChI is InChI=1S/C22H22N4O4S/c1-30-22(28)26-13-12-25(16-9-6-15(7-10-16)8-11-20(27)24-29)14-18(26)21-23-17-4-2-3-5-19(17)31-21/h2-11,18,29H,12-14H2,1H3,(H,24,27)/b11-8+. The van der Waals surface area contributed by atoms with Crippen LogP contribution in [0.15, 0.2) is 54.6 Å². The number of thiazole rings is 1. The minimum Gasteiger partial charge on any atom is -0.453 e. The number of nitrogens with zero attached hydrogens (tertiary/aromatic N) is 3. The Hall–Kier alpha value is -3.43. The maximum atomic E-state index is 12.4. The van der Waals surface area contributed by atoms with Crippen molar-refractivity contribution in [3.8, 4) is 0 Å². The van der Waals surface area contributed by atoms with Crippen LogP contribution in [0.5, 0.6) is 0 Å². The molecule has 1 aliphatic rings. The summed E-state index contributed by atoms with van der Waals surface area (Å²) in [6, 6.07) is 15.5. The first kappa shape index (κ1) is 20.8. The molecule has 1 aliphatic heterocycles. The molecule has 0 saturated carbocycles. The average molecular weight is 439 g/mol. The lowest BCUT2D eigenvalue weighted by atomic mass is 10.1. The number of carbonyl (C=O) groups is 2. The zero-order valence-corrected chi connectivity index (χ0v) is 17.7. The molecule has 3 aromatic rings. The van der Waals surface area contributed by atoms with Gasteiger partial charge in [0, 0.05) is 31.4 Å². The topological polar surface area (TPSA) is 95.0 Å². The molecular formula is C22H22N4O4S. The molecule has 1 atom stereocenters. The van der Waals surface area contributed by atoms with Gasteiger partial charge >= 0.3 is 6.09 Å². The van der Waals surface area contributed by atoms with E-state index in [0.717, 1.165) is 26.5 Å². The molecule has 0 radical (unpaired) electrons. The molecule has 1 saturated heterocycles. The minimum absolute atomic E-state index is 0.216. The summed E-state index contributed by atoms with van der Waals surface area (Å²) < 4.78 is 6.10. The number of piperazine rings is 1. The fourth-order valence-corrected chi connectivity index (χ4v) is 4.67. The fourth-order valence-electron chi connectivity index (χ4n) is 3.60. The second kappa shape index (κ2) is 9.15. The van der Waals surface area contributed by atoms with E-state index in [4.69, 9.17) is 14.9 Å². The number of aromatic nitrogens is 1. The number of hydroxylamine groups is 1. The van der Waals surface area contributed by atoms with E-state index in [1.807, 2.05) is 48.5 Å². The second-order valence-corrected chi connectivity index (χ2v) is 8.11. The summed E-state index contributed by atoms with van der Waals surface area (Å²) in [5, 5.41) is 9.45. The first-order chi connectivity index (χ1) is 15.1. The molecule has 2 N–H and O–H groups in total. The maximum absolute atomic E-state index is 12.4. The first-order valence-corrected chi connectivity index (χ1v) is 10.6. The summed E-state index contributed by atoms with van der Waals surface area (Å²) in [6.07, 6.45) is 2.52. The van der Waals surface area contributed by atoms with E-state index in [0.29, 0.717) is 19.6 Å². The lowest BCUT2D eigenvalue weighted by Gasteiger charge is -2.40. The Labute approximate surface area is 183 Å². The number of ether oxygens (including phenoxy) is 1. The normalized spacial score (nSPS) is 16.6. The molecular weight excluding hydrogens is 416 g/mol. The SMILES string of the molecule is COC(=O)N1CCN(c2ccc(/C=C/C(=O)NO)cc2)CC1c1nc2ccccc2s1. The highest BCUT2D eigenvalue weighted by atomic mass is 32.1. The van der Waals surface area contributed by atoms with E-state index in [2.05, 4.69) is 4.90 Å². The predicted octanol–water partition coefficient (Wildman–Crippen LogP) is 3.44. The average Bonchev–Trinajstić information content (AvgIpc) is 3.26. The third-order valence-electron chi connectivity index (χ3n) is 5.18. The van der Waals surface area contributed by atoms with Gasteiger partial charge in [0.2, 0.25) is 0 Å². The molecule has 1 unspecified atom stereocenters. The Bertz CT molecular complexity index is 1080. The van der Waals surface area contributed by atoms with Crippen LogP contribution in [-0.4, -0.2) is 53.8 Å². The van der Waals surface area contributed by atoms with Crippen LogP contribution in [0, 0.1) is 0 Å². The molecule has 160 valence electrons. The van der Waals surface area contributed by atoms with Gasteiger partial charge in [-0.05, 0) is 35.9 Å².